The molecule has 2 atom stereocenters. The second-order valence-corrected chi connectivity index (χ2v) is 4.74. The largest absolute Gasteiger partial charge is 0.307 e. The van der Waals surface area contributed by atoms with E-state index >= 15 is 0 Å². The fourth-order valence-corrected chi connectivity index (χ4v) is 2.23. The van der Waals surface area contributed by atoms with Crippen molar-refractivity contribution in [2.24, 2.45) is 0 Å². The molecule has 1 rings (SSSR count). The van der Waals surface area contributed by atoms with Gasteiger partial charge in [-0.15, -0.1) is 19.7 Å². The van der Waals surface area contributed by atoms with Crippen LogP contribution in [0.5, 0.6) is 0 Å². The Balaban J connectivity index is 2.71. The van der Waals surface area contributed by atoms with Gasteiger partial charge >= 0.3 is 0 Å². The van der Waals surface area contributed by atoms with Gasteiger partial charge in [0.05, 0.1) is 0 Å². The summed E-state index contributed by atoms with van der Waals surface area (Å²) in [6.45, 7) is 11.5. The number of rotatable bonds is 10. The predicted octanol–water partition coefficient (Wildman–Crippen LogP) is 4.80. The average Bonchev–Trinajstić information content (AvgIpc) is 2.45. The molecule has 0 aliphatic rings. The number of hydrogen-bond acceptors (Lipinski definition) is 1. The van der Waals surface area contributed by atoms with Crippen LogP contribution in [0.15, 0.2) is 68.3 Å². The molecule has 0 aromatic heterocycles. The van der Waals surface area contributed by atoms with E-state index in [0.717, 1.165) is 25.7 Å². The molecule has 19 heavy (non-hydrogen) atoms. The lowest BCUT2D eigenvalue weighted by atomic mass is 10.00. The maximum absolute atomic E-state index is 3.87. The Kier molecular flexibility index (Phi) is 7.60. The highest BCUT2D eigenvalue weighted by Crippen LogP contribution is 2.19. The Hall–Kier alpha value is -1.60. The summed E-state index contributed by atoms with van der Waals surface area (Å²) in [6, 6.07) is 11.3. The first kappa shape index (κ1) is 15.5. The summed E-state index contributed by atoms with van der Waals surface area (Å²) >= 11 is 0. The van der Waals surface area contributed by atoms with Crippen molar-refractivity contribution in [3.8, 4) is 0 Å². The van der Waals surface area contributed by atoms with Gasteiger partial charge in [0.1, 0.15) is 0 Å². The Morgan fingerprint density at radius 2 is 1.63 bits per heavy atom. The number of allylic oxidation sites excluding steroid dienone is 1. The Labute approximate surface area is 117 Å². The highest BCUT2D eigenvalue weighted by Gasteiger charge is 2.14. The molecular formula is C18H25N. The molecule has 0 radical (unpaired) electrons. The zero-order chi connectivity index (χ0) is 13.9. The molecule has 2 unspecified atom stereocenters. The van der Waals surface area contributed by atoms with Crippen molar-refractivity contribution >= 4 is 0 Å². The van der Waals surface area contributed by atoms with Crippen LogP contribution >= 0.6 is 0 Å². The van der Waals surface area contributed by atoms with Crippen LogP contribution in [0.2, 0.25) is 0 Å². The molecule has 1 heteroatoms. The Bertz CT molecular complexity index is 380. The molecule has 1 nitrogen and oxygen atoms in total. The average molecular weight is 255 g/mol. The second kappa shape index (κ2) is 9.35. The zero-order valence-corrected chi connectivity index (χ0v) is 11.7. The van der Waals surface area contributed by atoms with E-state index in [0.29, 0.717) is 12.1 Å². The summed E-state index contributed by atoms with van der Waals surface area (Å²) in [5, 5.41) is 3.72. The third-order valence-corrected chi connectivity index (χ3v) is 3.21. The third kappa shape index (κ3) is 5.71. The molecule has 0 heterocycles. The van der Waals surface area contributed by atoms with Crippen LogP contribution in [0, 0.1) is 0 Å². The van der Waals surface area contributed by atoms with E-state index in [9.17, 15) is 0 Å². The van der Waals surface area contributed by atoms with Crippen molar-refractivity contribution in [1.82, 2.24) is 5.32 Å². The molecular weight excluding hydrogens is 230 g/mol. The van der Waals surface area contributed by atoms with Crippen LogP contribution in [-0.4, -0.2) is 6.04 Å². The smallest absolute Gasteiger partial charge is 0.0357 e. The summed E-state index contributed by atoms with van der Waals surface area (Å²) in [6.07, 6.45) is 9.97. The summed E-state index contributed by atoms with van der Waals surface area (Å²) in [5.41, 5.74) is 1.31. The molecule has 102 valence electrons. The molecule has 0 bridgehead atoms. The van der Waals surface area contributed by atoms with E-state index in [1.807, 2.05) is 24.3 Å². The fourth-order valence-electron chi connectivity index (χ4n) is 2.23. The second-order valence-electron chi connectivity index (χ2n) is 4.74. The van der Waals surface area contributed by atoms with Gasteiger partial charge in [0.15, 0.2) is 0 Å². The first-order valence-corrected chi connectivity index (χ1v) is 6.95. The fraction of sp³-hybridized carbons (Fsp3) is 0.333. The molecule has 0 aliphatic carbocycles. The van der Waals surface area contributed by atoms with Gasteiger partial charge in [-0.05, 0) is 31.2 Å². The standard InChI is InChI=1S/C18H25N/c1-4-7-15-17(11-5-2)19-18(12-6-3)16-13-9-8-10-14-16/h4-6,8-10,13-14,17-19H,1-3,7,11-12,15H2. The molecule has 1 aromatic carbocycles. The lowest BCUT2D eigenvalue weighted by Crippen LogP contribution is -2.32. The number of nitrogens with one attached hydrogen (secondary N) is 1. The minimum absolute atomic E-state index is 0.327. The van der Waals surface area contributed by atoms with Gasteiger partial charge in [0.2, 0.25) is 0 Å². The molecule has 0 amide bonds. The topological polar surface area (TPSA) is 12.0 Å². The van der Waals surface area contributed by atoms with Gasteiger partial charge in [0.25, 0.3) is 0 Å². The minimum atomic E-state index is 0.327. The first-order chi connectivity index (χ1) is 9.31. The van der Waals surface area contributed by atoms with E-state index in [4.69, 9.17) is 0 Å². The molecule has 0 spiro atoms. The summed E-state index contributed by atoms with van der Waals surface area (Å²) in [4.78, 5) is 0. The third-order valence-electron chi connectivity index (χ3n) is 3.21. The highest BCUT2D eigenvalue weighted by atomic mass is 14.9. The Morgan fingerprint density at radius 3 is 2.21 bits per heavy atom. The predicted molar refractivity (Wildman–Crippen MR) is 85.2 cm³/mol. The van der Waals surface area contributed by atoms with Crippen molar-refractivity contribution in [3.63, 3.8) is 0 Å². The van der Waals surface area contributed by atoms with Gasteiger partial charge in [0, 0.05) is 12.1 Å². The molecule has 1 aromatic rings. The zero-order valence-electron chi connectivity index (χ0n) is 11.7. The van der Waals surface area contributed by atoms with Gasteiger partial charge in [-0.2, -0.15) is 0 Å². The van der Waals surface area contributed by atoms with Crippen LogP contribution in [0.3, 0.4) is 0 Å². The Morgan fingerprint density at radius 1 is 0.947 bits per heavy atom. The normalized spacial score (nSPS) is 13.5. The number of benzene rings is 1. The van der Waals surface area contributed by atoms with Crippen LogP contribution in [0.25, 0.3) is 0 Å². The van der Waals surface area contributed by atoms with E-state index in [-0.39, 0.29) is 0 Å². The van der Waals surface area contributed by atoms with Gasteiger partial charge < -0.3 is 5.32 Å². The maximum Gasteiger partial charge on any atom is 0.0357 e. The molecule has 1 N–H and O–H groups in total. The van der Waals surface area contributed by atoms with Crippen LogP contribution < -0.4 is 5.32 Å². The van der Waals surface area contributed by atoms with Crippen LogP contribution in [-0.2, 0) is 0 Å². The molecule has 0 aliphatic heterocycles. The summed E-state index contributed by atoms with van der Waals surface area (Å²) in [5.74, 6) is 0. The van der Waals surface area contributed by atoms with E-state index in [1.165, 1.54) is 5.56 Å². The van der Waals surface area contributed by atoms with Crippen molar-refractivity contribution < 1.29 is 0 Å². The quantitative estimate of drug-likeness (QED) is 0.592. The van der Waals surface area contributed by atoms with E-state index in [2.05, 4.69) is 49.3 Å². The monoisotopic (exact) mass is 255 g/mol. The van der Waals surface area contributed by atoms with E-state index in [1.54, 1.807) is 0 Å². The molecule has 0 saturated heterocycles. The van der Waals surface area contributed by atoms with Gasteiger partial charge in [-0.1, -0.05) is 48.6 Å². The van der Waals surface area contributed by atoms with Gasteiger partial charge in [-0.3, -0.25) is 0 Å². The van der Waals surface area contributed by atoms with E-state index < -0.39 is 0 Å². The summed E-state index contributed by atoms with van der Waals surface area (Å²) in [7, 11) is 0. The number of hydrogen-bond donors (Lipinski definition) is 1. The SMILES string of the molecule is C=CCCC(CC=C)NC(CC=C)c1ccccc1. The first-order valence-electron chi connectivity index (χ1n) is 6.95. The highest BCUT2D eigenvalue weighted by molar-refractivity contribution is 5.19. The van der Waals surface area contributed by atoms with Crippen molar-refractivity contribution in [2.45, 2.75) is 37.8 Å². The van der Waals surface area contributed by atoms with Crippen LogP contribution in [0.4, 0.5) is 0 Å². The van der Waals surface area contributed by atoms with Crippen LogP contribution in [0.1, 0.15) is 37.3 Å². The molecule has 0 fully saturated rings. The van der Waals surface area contributed by atoms with Crippen molar-refractivity contribution in [3.05, 3.63) is 73.9 Å². The molecule has 0 saturated carbocycles. The van der Waals surface area contributed by atoms with Gasteiger partial charge in [-0.25, -0.2) is 0 Å². The lowest BCUT2D eigenvalue weighted by molar-refractivity contribution is 0.418. The lowest BCUT2D eigenvalue weighted by Gasteiger charge is -2.24. The van der Waals surface area contributed by atoms with Crippen molar-refractivity contribution in [2.75, 3.05) is 0 Å². The van der Waals surface area contributed by atoms with Crippen molar-refractivity contribution in [1.29, 1.82) is 0 Å². The maximum atomic E-state index is 3.87. The summed E-state index contributed by atoms with van der Waals surface area (Å²) < 4.78 is 0. The minimum Gasteiger partial charge on any atom is -0.307 e.